The number of likely N-dealkylation sites (tertiary alicyclic amines) is 1. The molecule has 0 unspecified atom stereocenters. The fraction of sp³-hybridized carbons (Fsp3) is 0.500. The van der Waals surface area contributed by atoms with Gasteiger partial charge < -0.3 is 15.4 Å². The van der Waals surface area contributed by atoms with Gasteiger partial charge in [0.2, 0.25) is 5.91 Å². The molecule has 0 radical (unpaired) electrons. The molecule has 1 fully saturated rings. The second-order valence-corrected chi connectivity index (χ2v) is 7.17. The lowest BCUT2D eigenvalue weighted by atomic mass is 9.96. The minimum Gasteiger partial charge on any atom is -0.444 e. The molecule has 1 aliphatic heterocycles. The molecule has 7 nitrogen and oxygen atoms in total. The summed E-state index contributed by atoms with van der Waals surface area (Å²) in [5.74, 6) is -0.541. The third kappa shape index (κ3) is 5.48. The van der Waals surface area contributed by atoms with E-state index in [0.717, 1.165) is 0 Å². The number of nitrogens with zero attached hydrogens (tertiary/aromatic N) is 1. The molecule has 0 atom stereocenters. The molecule has 1 saturated heterocycles. The molecule has 136 valence electrons. The normalized spacial score (nSPS) is 15.6. The fourth-order valence-electron chi connectivity index (χ4n) is 2.67. The van der Waals surface area contributed by atoms with Crippen LogP contribution in [0, 0.1) is 5.92 Å². The molecule has 0 aromatic heterocycles. The maximum Gasteiger partial charge on any atom is 0.412 e. The molecule has 2 rings (SSSR count). The first-order valence-electron chi connectivity index (χ1n) is 8.34. The van der Waals surface area contributed by atoms with E-state index in [1.807, 2.05) is 0 Å². The zero-order chi connectivity index (χ0) is 18.6. The number of ether oxygens (including phenoxy) is 1. The van der Waals surface area contributed by atoms with Gasteiger partial charge in [-0.15, -0.1) is 0 Å². The van der Waals surface area contributed by atoms with Crippen LogP contribution >= 0.6 is 0 Å². The zero-order valence-electron chi connectivity index (χ0n) is 14.9. The van der Waals surface area contributed by atoms with E-state index in [4.69, 9.17) is 10.5 Å². The van der Waals surface area contributed by atoms with E-state index in [-0.39, 0.29) is 17.7 Å². The van der Waals surface area contributed by atoms with Crippen LogP contribution in [0.25, 0.3) is 0 Å². The summed E-state index contributed by atoms with van der Waals surface area (Å²) in [6, 6.07) is 6.64. The first kappa shape index (κ1) is 18.8. The predicted octanol–water partition coefficient (Wildman–Crippen LogP) is 2.37. The number of nitrogens with two attached hydrogens (primary N) is 1. The summed E-state index contributed by atoms with van der Waals surface area (Å²) in [4.78, 5) is 37.1. The average molecular weight is 347 g/mol. The maximum atomic E-state index is 12.5. The Kier molecular flexibility index (Phi) is 5.66. The number of piperidine rings is 1. The molecule has 1 heterocycles. The van der Waals surface area contributed by atoms with Crippen molar-refractivity contribution in [2.75, 3.05) is 18.4 Å². The molecule has 3 amide bonds. The molecule has 1 aromatic rings. The Balaban J connectivity index is 1.92. The summed E-state index contributed by atoms with van der Waals surface area (Å²) in [5, 5.41) is 2.62. The highest BCUT2D eigenvalue weighted by molar-refractivity contribution is 5.95. The van der Waals surface area contributed by atoms with Crippen molar-refractivity contribution in [3.63, 3.8) is 0 Å². The molecule has 1 aliphatic rings. The number of hydrogen-bond acceptors (Lipinski definition) is 4. The summed E-state index contributed by atoms with van der Waals surface area (Å²) in [6.07, 6.45) is 0.652. The largest absolute Gasteiger partial charge is 0.444 e. The van der Waals surface area contributed by atoms with Crippen molar-refractivity contribution in [2.45, 2.75) is 39.2 Å². The number of carbonyl (C=O) groups is 3. The summed E-state index contributed by atoms with van der Waals surface area (Å²) >= 11 is 0. The molecule has 7 heteroatoms. The third-order valence-electron chi connectivity index (χ3n) is 3.96. The van der Waals surface area contributed by atoms with Crippen LogP contribution in [0.2, 0.25) is 0 Å². The Hall–Kier alpha value is -2.57. The van der Waals surface area contributed by atoms with Crippen LogP contribution in [0.3, 0.4) is 0 Å². The Morgan fingerprint density at radius 3 is 2.16 bits per heavy atom. The van der Waals surface area contributed by atoms with Crippen LogP contribution in [0.1, 0.15) is 44.0 Å². The van der Waals surface area contributed by atoms with Gasteiger partial charge in [0.25, 0.3) is 5.91 Å². The molecule has 1 aromatic carbocycles. The third-order valence-corrected chi connectivity index (χ3v) is 3.96. The summed E-state index contributed by atoms with van der Waals surface area (Å²) < 4.78 is 5.18. The highest BCUT2D eigenvalue weighted by atomic mass is 16.6. The molecule has 0 bridgehead atoms. The number of primary amides is 1. The van der Waals surface area contributed by atoms with E-state index in [2.05, 4.69) is 5.32 Å². The number of hydrogen-bond donors (Lipinski definition) is 2. The minimum atomic E-state index is -0.572. The monoisotopic (exact) mass is 347 g/mol. The SMILES string of the molecule is CC(C)(C)OC(=O)Nc1ccc(C(=O)N2CCC(C(N)=O)CC2)cc1. The Morgan fingerprint density at radius 1 is 1.12 bits per heavy atom. The highest BCUT2D eigenvalue weighted by Gasteiger charge is 2.26. The van der Waals surface area contributed by atoms with E-state index in [1.165, 1.54) is 0 Å². The van der Waals surface area contributed by atoms with Gasteiger partial charge in [-0.1, -0.05) is 0 Å². The van der Waals surface area contributed by atoms with Gasteiger partial charge in [0, 0.05) is 30.3 Å². The lowest BCUT2D eigenvalue weighted by Crippen LogP contribution is -2.41. The van der Waals surface area contributed by atoms with Crippen molar-refractivity contribution < 1.29 is 19.1 Å². The minimum absolute atomic E-state index is 0.0910. The zero-order valence-corrected chi connectivity index (χ0v) is 14.9. The average Bonchev–Trinajstić information content (AvgIpc) is 2.53. The molecule has 0 spiro atoms. The van der Waals surface area contributed by atoms with Gasteiger partial charge in [0.15, 0.2) is 0 Å². The van der Waals surface area contributed by atoms with Crippen molar-refractivity contribution >= 4 is 23.6 Å². The highest BCUT2D eigenvalue weighted by Crippen LogP contribution is 2.20. The van der Waals surface area contributed by atoms with E-state index >= 15 is 0 Å². The lowest BCUT2D eigenvalue weighted by molar-refractivity contribution is -0.123. The predicted molar refractivity (Wildman–Crippen MR) is 94.1 cm³/mol. The maximum absolute atomic E-state index is 12.5. The topological polar surface area (TPSA) is 102 Å². The van der Waals surface area contributed by atoms with Crippen molar-refractivity contribution in [1.29, 1.82) is 0 Å². The van der Waals surface area contributed by atoms with Crippen LogP contribution in [0.4, 0.5) is 10.5 Å². The van der Waals surface area contributed by atoms with E-state index in [1.54, 1.807) is 49.9 Å². The van der Waals surface area contributed by atoms with Crippen LogP contribution in [0.5, 0.6) is 0 Å². The van der Waals surface area contributed by atoms with Gasteiger partial charge in [0.05, 0.1) is 0 Å². The molecular formula is C18H25N3O4. The number of amides is 3. The molecule has 0 aliphatic carbocycles. The molecular weight excluding hydrogens is 322 g/mol. The van der Waals surface area contributed by atoms with Crippen molar-refractivity contribution in [2.24, 2.45) is 11.7 Å². The van der Waals surface area contributed by atoms with E-state index in [0.29, 0.717) is 37.2 Å². The van der Waals surface area contributed by atoms with E-state index in [9.17, 15) is 14.4 Å². The molecule has 3 N–H and O–H groups in total. The van der Waals surface area contributed by atoms with Crippen molar-refractivity contribution in [3.8, 4) is 0 Å². The van der Waals surface area contributed by atoms with Crippen LogP contribution in [-0.4, -0.2) is 41.5 Å². The summed E-state index contributed by atoms with van der Waals surface area (Å²) in [6.45, 7) is 6.40. The first-order chi connectivity index (χ1) is 11.7. The van der Waals surface area contributed by atoms with Crippen LogP contribution < -0.4 is 11.1 Å². The standard InChI is InChI=1S/C18H25N3O4/c1-18(2,3)25-17(24)20-14-6-4-13(5-7-14)16(23)21-10-8-12(9-11-21)15(19)22/h4-7,12H,8-11H2,1-3H3,(H2,19,22)(H,20,24). The Morgan fingerprint density at radius 2 is 1.68 bits per heavy atom. The number of nitrogens with one attached hydrogen (secondary N) is 1. The number of anilines is 1. The van der Waals surface area contributed by atoms with Gasteiger partial charge in [0.1, 0.15) is 5.60 Å². The fourth-order valence-corrected chi connectivity index (χ4v) is 2.67. The first-order valence-corrected chi connectivity index (χ1v) is 8.34. The number of rotatable bonds is 3. The van der Waals surface area contributed by atoms with Gasteiger partial charge in [-0.2, -0.15) is 0 Å². The lowest BCUT2D eigenvalue weighted by Gasteiger charge is -2.30. The van der Waals surface area contributed by atoms with Gasteiger partial charge >= 0.3 is 6.09 Å². The van der Waals surface area contributed by atoms with Gasteiger partial charge in [-0.05, 0) is 57.9 Å². The number of carbonyl (C=O) groups excluding carboxylic acids is 3. The second kappa shape index (κ2) is 7.55. The van der Waals surface area contributed by atoms with Gasteiger partial charge in [-0.3, -0.25) is 14.9 Å². The van der Waals surface area contributed by atoms with Crippen molar-refractivity contribution in [1.82, 2.24) is 4.90 Å². The quantitative estimate of drug-likeness (QED) is 0.876. The molecule has 0 saturated carbocycles. The van der Waals surface area contributed by atoms with Gasteiger partial charge in [-0.25, -0.2) is 4.79 Å². The van der Waals surface area contributed by atoms with E-state index < -0.39 is 11.7 Å². The number of benzene rings is 1. The Bertz CT molecular complexity index is 641. The second-order valence-electron chi connectivity index (χ2n) is 7.17. The molecule has 25 heavy (non-hydrogen) atoms. The van der Waals surface area contributed by atoms with Crippen LogP contribution in [-0.2, 0) is 9.53 Å². The summed E-state index contributed by atoms with van der Waals surface area (Å²) in [5.41, 5.74) is 5.82. The Labute approximate surface area is 147 Å². The smallest absolute Gasteiger partial charge is 0.412 e. The summed E-state index contributed by atoms with van der Waals surface area (Å²) in [7, 11) is 0. The van der Waals surface area contributed by atoms with Crippen molar-refractivity contribution in [3.05, 3.63) is 29.8 Å². The van der Waals surface area contributed by atoms with Crippen LogP contribution in [0.15, 0.2) is 24.3 Å².